The lowest BCUT2D eigenvalue weighted by Gasteiger charge is -2.39. The van der Waals surface area contributed by atoms with E-state index in [9.17, 15) is 29.4 Å². The number of ether oxygens (including phenoxy) is 9. The van der Waals surface area contributed by atoms with Gasteiger partial charge in [0.2, 0.25) is 0 Å². The molecule has 2 unspecified atom stereocenters. The fourth-order valence-corrected chi connectivity index (χ4v) is 50.4. The number of allylic oxidation sites excluding steroid dienone is 3. The molecule has 0 aromatic heterocycles. The summed E-state index contributed by atoms with van der Waals surface area (Å²) in [6, 6.07) is 3.59. The van der Waals surface area contributed by atoms with Gasteiger partial charge < -0.3 is 77.5 Å². The highest BCUT2D eigenvalue weighted by molar-refractivity contribution is 6.89. The molecule has 0 radical (unpaired) electrons. The Labute approximate surface area is 709 Å². The number of aliphatic hydroxyl groups excluding tert-OH is 2. The van der Waals surface area contributed by atoms with Crippen molar-refractivity contribution in [3.05, 3.63) is 113 Å². The predicted octanol–water partition coefficient (Wildman–Crippen LogP) is 22.0. The van der Waals surface area contributed by atoms with Crippen LogP contribution < -0.4 is 0 Å². The maximum Gasteiger partial charge on any atom is 0.333 e. The molecule has 0 saturated heterocycles. The zero-order valence-corrected chi connectivity index (χ0v) is 87.0. The summed E-state index contributed by atoms with van der Waals surface area (Å²) in [4.78, 5) is 44.9. The van der Waals surface area contributed by atoms with Crippen LogP contribution in [-0.2, 0) is 86.5 Å². The summed E-state index contributed by atoms with van der Waals surface area (Å²) < 4.78 is 85.1. The molecule has 0 amide bonds. The number of rotatable bonds is 60. The Bertz CT molecular complexity index is 2340. The molecule has 674 valence electrons. The van der Waals surface area contributed by atoms with E-state index < -0.39 is 99.7 Å². The zero-order chi connectivity index (χ0) is 90.0. The SMILES string of the molecule is C=C(C)C(=O)OCCC[Si](C)(C)O[Si](C)(C)O[Si](C)(C)CCCOC(=O)C(=C)C.C=CC.C=CC(=O)OCC(O)COCCC[Si](C)(C)O[Si](C)(C)O[Si](C)(C)CCCOCC(O)COC(=O)C=C.C=CCC.C=CCCCCC.C=CCOCCCC.C=CCOCCCCOCCCC.C[Si](C)(C)O[Si](C)(C)O[Si](C)(C)C. The molecule has 0 aliphatic rings. The smallest absolute Gasteiger partial charge is 0.333 e. The first-order chi connectivity index (χ1) is 52.7. The summed E-state index contributed by atoms with van der Waals surface area (Å²) in [5.41, 5.74) is 0.836. The van der Waals surface area contributed by atoms with Gasteiger partial charge >= 0.3 is 49.6 Å². The minimum atomic E-state index is -2.35. The molecule has 0 aliphatic heterocycles. The molecule has 0 saturated carbocycles. The molecule has 2 atom stereocenters. The van der Waals surface area contributed by atoms with Crippen molar-refractivity contribution >= 4 is 99.5 Å². The van der Waals surface area contributed by atoms with E-state index in [0.717, 1.165) is 114 Å². The highest BCUT2D eigenvalue weighted by Crippen LogP contribution is 2.28. The monoisotopic (exact) mass is 1770 g/mol. The van der Waals surface area contributed by atoms with Crippen molar-refractivity contribution in [1.82, 2.24) is 0 Å². The van der Waals surface area contributed by atoms with Gasteiger partial charge in [0.05, 0.1) is 39.6 Å². The summed E-state index contributed by atoms with van der Waals surface area (Å²) in [5, 5.41) is 19.6. The maximum absolute atomic E-state index is 11.4. The summed E-state index contributed by atoms with van der Waals surface area (Å²) in [6.07, 6.45) is 25.9. The average Bonchev–Trinajstić information content (AvgIpc) is 0.828. The van der Waals surface area contributed by atoms with E-state index in [1.54, 1.807) is 32.1 Å². The molecule has 0 rings (SSSR count). The van der Waals surface area contributed by atoms with Gasteiger partial charge in [0.25, 0.3) is 0 Å². The Morgan fingerprint density at radius 1 is 0.342 bits per heavy atom. The molecule has 0 aliphatic carbocycles. The number of unbranched alkanes of at least 4 members (excludes halogenated alkanes) is 6. The third-order valence-electron chi connectivity index (χ3n) is 14.0. The number of esters is 4. The fourth-order valence-electron chi connectivity index (χ4n) is 10.1. The van der Waals surface area contributed by atoms with E-state index in [4.69, 9.17) is 67.3 Å². The second-order valence-corrected chi connectivity index (χ2v) is 70.9. The van der Waals surface area contributed by atoms with Crippen molar-refractivity contribution in [3.63, 3.8) is 0 Å². The van der Waals surface area contributed by atoms with Gasteiger partial charge in [-0.2, -0.15) is 0 Å². The normalized spacial score (nSPS) is 12.1. The maximum atomic E-state index is 11.4. The number of carbonyl (C=O) groups is 4. The molecule has 21 nitrogen and oxygen atoms in total. The van der Waals surface area contributed by atoms with E-state index in [1.807, 2.05) is 19.1 Å². The summed E-state index contributed by atoms with van der Waals surface area (Å²) in [5.74, 6) is -1.83. The molecule has 114 heavy (non-hydrogen) atoms. The topological polar surface area (TPSA) is 247 Å². The van der Waals surface area contributed by atoms with Crippen LogP contribution in [0, 0.1) is 0 Å². The highest BCUT2D eigenvalue weighted by atomic mass is 28.5. The lowest BCUT2D eigenvalue weighted by molar-refractivity contribution is -0.142. The Kier molecular flexibility index (Phi) is 85.8. The first-order valence-electron chi connectivity index (χ1n) is 41.4. The van der Waals surface area contributed by atoms with Crippen molar-refractivity contribution < 1.29 is 96.7 Å². The van der Waals surface area contributed by atoms with E-state index in [0.29, 0.717) is 50.8 Å². The predicted molar refractivity (Wildman–Crippen MR) is 503 cm³/mol. The minimum Gasteiger partial charge on any atom is -0.462 e. The van der Waals surface area contributed by atoms with Crippen LogP contribution in [0.2, 0.25) is 155 Å². The molecular weight excluding hydrogens is 1600 g/mol. The van der Waals surface area contributed by atoms with Crippen molar-refractivity contribution in [2.45, 2.75) is 312 Å². The van der Waals surface area contributed by atoms with Gasteiger partial charge in [-0.3, -0.25) is 0 Å². The first kappa shape index (κ1) is 127. The van der Waals surface area contributed by atoms with Crippen LogP contribution in [0.3, 0.4) is 0 Å². The van der Waals surface area contributed by atoms with Gasteiger partial charge in [-0.15, -0.1) is 32.9 Å². The van der Waals surface area contributed by atoms with Gasteiger partial charge in [0, 0.05) is 62.9 Å². The van der Waals surface area contributed by atoms with Crippen LogP contribution in [0.5, 0.6) is 0 Å². The number of carbonyl (C=O) groups excluding carboxylic acids is 4. The van der Waals surface area contributed by atoms with E-state index >= 15 is 0 Å². The molecule has 0 aromatic rings. The highest BCUT2D eigenvalue weighted by Gasteiger charge is 2.41. The number of aliphatic hydroxyl groups is 2. The Balaban J connectivity index is -0.000000212. The largest absolute Gasteiger partial charge is 0.462 e. The Hall–Kier alpha value is -3.03. The molecule has 0 spiro atoms. The van der Waals surface area contributed by atoms with E-state index in [-0.39, 0.29) is 38.4 Å². The molecular formula is C84H176O21Si9. The molecule has 0 aromatic carbocycles. The second kappa shape index (κ2) is 77.3. The number of hydrogen-bond acceptors (Lipinski definition) is 21. The lowest BCUT2D eigenvalue weighted by Crippen LogP contribution is -2.52. The molecule has 30 heteroatoms. The quantitative estimate of drug-likeness (QED) is 0.0143. The zero-order valence-electron chi connectivity index (χ0n) is 78.0. The van der Waals surface area contributed by atoms with Crippen LogP contribution in [0.1, 0.15) is 145 Å². The minimum absolute atomic E-state index is 0.0991. The van der Waals surface area contributed by atoms with E-state index in [1.165, 1.54) is 44.9 Å². The van der Waals surface area contributed by atoms with Crippen LogP contribution in [0.25, 0.3) is 0 Å². The van der Waals surface area contributed by atoms with Crippen molar-refractivity contribution in [3.8, 4) is 0 Å². The van der Waals surface area contributed by atoms with Crippen LogP contribution in [-0.4, -0.2) is 214 Å². The van der Waals surface area contributed by atoms with Crippen molar-refractivity contribution in [2.24, 2.45) is 0 Å². The fraction of sp³-hybridized carbons (Fsp3) is 0.738. The first-order valence-corrected chi connectivity index (χ1v) is 69.1. The standard InChI is InChI=1S/C24H48O10Si3.C20H40O6Si3.C11H22O2.C8H24O2Si3.C7H14O.C7H14.C4H8.C3H6/c1-9-23(27)31-19-21(25)17-29-13-11-15-35(3,4)33-37(7,8)34-36(5,6)16-12-14-30-18-22(26)20-32-24(28)10-2;1-17(2)19(21)23-13-11-15-27(5,6)25-29(9,10)26-28(7,8)16-12-14-24-20(22)18(3)4;1-3-5-9-13-11-7-6-10-12-8-4-2;1-11(2,3)9-13(7,8)10-12(4,5)6;1-3-5-7-8-6-4-2;1-3-5-7-6-4-2;1-3-4-2;1-3-2/h9-10,21-22,25-26H,1-2,11-20H2,3-8H3;1,3,11-16H2,2,4-10H3;4H,2-3,5-11H2,1H3;1-8H3;4H,2-3,5-7H2,1H3;3H,1,4-7H2,2H3;3H,1,4H2,2H3;3H,1H2,2H3. The Morgan fingerprint density at radius 2 is 0.614 bits per heavy atom. The van der Waals surface area contributed by atoms with Crippen molar-refractivity contribution in [2.75, 3.05) is 92.5 Å². The summed E-state index contributed by atoms with van der Waals surface area (Å²) >= 11 is 0. The van der Waals surface area contributed by atoms with Gasteiger partial charge in [0.15, 0.2) is 49.9 Å². The molecule has 0 heterocycles. The van der Waals surface area contributed by atoms with Gasteiger partial charge in [-0.05, 0) is 247 Å². The van der Waals surface area contributed by atoms with Gasteiger partial charge in [-0.25, -0.2) is 19.2 Å². The summed E-state index contributed by atoms with van der Waals surface area (Å²) in [6.45, 7) is 95.1. The van der Waals surface area contributed by atoms with Crippen molar-refractivity contribution in [1.29, 1.82) is 0 Å². The van der Waals surface area contributed by atoms with E-state index in [2.05, 4.69) is 218 Å². The van der Waals surface area contributed by atoms with Gasteiger partial charge in [-0.1, -0.05) is 110 Å². The van der Waals surface area contributed by atoms with Crippen LogP contribution >= 0.6 is 0 Å². The molecule has 0 bridgehead atoms. The second-order valence-electron chi connectivity index (χ2n) is 33.1. The molecule has 0 fully saturated rings. The van der Waals surface area contributed by atoms with Gasteiger partial charge in [0.1, 0.15) is 25.4 Å². The average molecular weight is 1780 g/mol. The molecule has 2 N–H and O–H groups in total. The summed E-state index contributed by atoms with van der Waals surface area (Å²) in [7, 11) is -17.2. The Morgan fingerprint density at radius 3 is 0.877 bits per heavy atom. The van der Waals surface area contributed by atoms with Crippen LogP contribution in [0.4, 0.5) is 0 Å². The van der Waals surface area contributed by atoms with Crippen LogP contribution in [0.15, 0.2) is 113 Å². The number of hydrogen-bond donors (Lipinski definition) is 2. The third-order valence-corrected chi connectivity index (χ3v) is 45.8. The third kappa shape index (κ3) is 107. The lowest BCUT2D eigenvalue weighted by atomic mass is 10.2.